The first-order chi connectivity index (χ1) is 13.6. The summed E-state index contributed by atoms with van der Waals surface area (Å²) in [6.07, 6.45) is 7.35. The zero-order chi connectivity index (χ0) is 21.8. The third-order valence-corrected chi connectivity index (χ3v) is 5.96. The summed E-state index contributed by atoms with van der Waals surface area (Å²) in [6.45, 7) is 7.09. The quantitative estimate of drug-likeness (QED) is 0.248. The molecule has 10 heteroatoms. The number of hydrogen-bond donors (Lipinski definition) is 1. The Bertz CT molecular complexity index is 998. The highest BCUT2D eigenvalue weighted by Gasteiger charge is 2.31. The third kappa shape index (κ3) is 5.33. The van der Waals surface area contributed by atoms with E-state index in [2.05, 4.69) is 26.1 Å². The molecule has 0 atom stereocenters. The molecule has 1 aromatic heterocycles. The van der Waals surface area contributed by atoms with Crippen molar-refractivity contribution in [2.24, 2.45) is 0 Å². The van der Waals surface area contributed by atoms with Gasteiger partial charge in [0.15, 0.2) is 5.16 Å². The van der Waals surface area contributed by atoms with E-state index in [1.807, 2.05) is 31.2 Å². The lowest BCUT2D eigenvalue weighted by Crippen LogP contribution is -2.27. The zero-order valence-electron chi connectivity index (χ0n) is 16.4. The molecule has 0 amide bonds. The minimum atomic E-state index is -1.09. The van der Waals surface area contributed by atoms with Crippen molar-refractivity contribution < 1.29 is 14.8 Å². The first kappa shape index (κ1) is 22.8. The van der Waals surface area contributed by atoms with E-state index in [-0.39, 0.29) is 5.69 Å². The molecule has 0 fully saturated rings. The Morgan fingerprint density at radius 3 is 2.66 bits per heavy atom. The second kappa shape index (κ2) is 9.36. The van der Waals surface area contributed by atoms with Crippen LogP contribution in [0.2, 0.25) is 0 Å². The number of nitrogens with zero attached hydrogens (tertiary/aromatic N) is 4. The van der Waals surface area contributed by atoms with Crippen LogP contribution < -0.4 is 0 Å². The first-order valence-corrected chi connectivity index (χ1v) is 10.3. The molecule has 0 saturated heterocycles. The summed E-state index contributed by atoms with van der Waals surface area (Å²) < 4.78 is 1.09. The summed E-state index contributed by atoms with van der Waals surface area (Å²) in [6, 6.07) is 3.17. The van der Waals surface area contributed by atoms with Gasteiger partial charge in [-0.15, -0.1) is 10.2 Å². The lowest BCUT2D eigenvalue weighted by atomic mass is 9.99. The maximum Gasteiger partial charge on any atom is 0.319 e. The predicted octanol–water partition coefficient (Wildman–Crippen LogP) is 4.85. The number of halogens is 1. The number of aliphatic carboxylic acids is 1. The molecular formula is C19H21BrN4O4S. The number of allylic oxidation sites excluding steroid dienone is 3. The van der Waals surface area contributed by atoms with Gasteiger partial charge >= 0.3 is 5.97 Å². The number of carboxylic acids is 1. The number of carbonyl (C=O) groups is 1. The standard InChI is InChI=1S/C19H21BrN4O4S/c1-5-6-7-8-14-12(2)15(24(27)28)10-9-13(14)11-23-17(20)21-22-18(23)29-19(3,4)16(25)26/h5-10H,11H2,1-4H3,(H,25,26)/b6-5-,8-7-. The van der Waals surface area contributed by atoms with E-state index in [1.165, 1.54) is 6.07 Å². The Hall–Kier alpha value is -2.46. The van der Waals surface area contributed by atoms with Gasteiger partial charge in [0.25, 0.3) is 5.69 Å². The maximum absolute atomic E-state index is 11.5. The van der Waals surface area contributed by atoms with E-state index in [1.54, 1.807) is 31.4 Å². The van der Waals surface area contributed by atoms with Gasteiger partial charge in [-0.2, -0.15) is 0 Å². The highest BCUT2D eigenvalue weighted by molar-refractivity contribution is 9.10. The van der Waals surface area contributed by atoms with E-state index < -0.39 is 15.6 Å². The van der Waals surface area contributed by atoms with Crippen molar-refractivity contribution in [3.63, 3.8) is 0 Å². The zero-order valence-corrected chi connectivity index (χ0v) is 18.8. The molecular weight excluding hydrogens is 460 g/mol. The molecule has 0 aliphatic rings. The summed E-state index contributed by atoms with van der Waals surface area (Å²) in [5, 5.41) is 29.3. The Morgan fingerprint density at radius 2 is 2.07 bits per heavy atom. The smallest absolute Gasteiger partial charge is 0.319 e. The minimum Gasteiger partial charge on any atom is -0.480 e. The van der Waals surface area contributed by atoms with Gasteiger partial charge in [-0.25, -0.2) is 0 Å². The van der Waals surface area contributed by atoms with Crippen molar-refractivity contribution in [1.82, 2.24) is 14.8 Å². The monoisotopic (exact) mass is 480 g/mol. The maximum atomic E-state index is 11.5. The van der Waals surface area contributed by atoms with Crippen LogP contribution in [0.4, 0.5) is 5.69 Å². The van der Waals surface area contributed by atoms with Gasteiger partial charge in [0.05, 0.1) is 11.5 Å². The number of thioether (sulfide) groups is 1. The number of nitro groups is 1. The van der Waals surface area contributed by atoms with E-state index in [9.17, 15) is 20.0 Å². The van der Waals surface area contributed by atoms with Gasteiger partial charge in [0.2, 0.25) is 4.73 Å². The number of hydrogen-bond acceptors (Lipinski definition) is 6. The van der Waals surface area contributed by atoms with E-state index in [0.29, 0.717) is 22.0 Å². The van der Waals surface area contributed by atoms with Crippen LogP contribution in [0.5, 0.6) is 0 Å². The highest BCUT2D eigenvalue weighted by atomic mass is 79.9. The van der Waals surface area contributed by atoms with Gasteiger partial charge in [-0.1, -0.05) is 36.1 Å². The average Bonchev–Trinajstić information content (AvgIpc) is 2.96. The van der Waals surface area contributed by atoms with Crippen LogP contribution in [0.3, 0.4) is 0 Å². The largest absolute Gasteiger partial charge is 0.480 e. The number of aromatic nitrogens is 3. The Labute approximate surface area is 181 Å². The van der Waals surface area contributed by atoms with Crippen LogP contribution in [0.1, 0.15) is 37.5 Å². The van der Waals surface area contributed by atoms with Crippen molar-refractivity contribution in [2.45, 2.75) is 44.1 Å². The van der Waals surface area contributed by atoms with Crippen molar-refractivity contribution in [3.8, 4) is 0 Å². The van der Waals surface area contributed by atoms with Gasteiger partial charge in [0.1, 0.15) is 4.75 Å². The molecule has 29 heavy (non-hydrogen) atoms. The summed E-state index contributed by atoms with van der Waals surface area (Å²) in [4.78, 5) is 22.4. The summed E-state index contributed by atoms with van der Waals surface area (Å²) >= 11 is 4.44. The molecule has 1 heterocycles. The Kier molecular flexibility index (Phi) is 7.37. The average molecular weight is 481 g/mol. The molecule has 0 unspecified atom stereocenters. The van der Waals surface area contributed by atoms with Gasteiger partial charge < -0.3 is 5.11 Å². The second-order valence-electron chi connectivity index (χ2n) is 6.68. The minimum absolute atomic E-state index is 0.0401. The molecule has 1 N–H and O–H groups in total. The summed E-state index contributed by atoms with van der Waals surface area (Å²) in [7, 11) is 0. The normalized spacial score (nSPS) is 12.2. The van der Waals surface area contributed by atoms with Crippen LogP contribution in [-0.2, 0) is 11.3 Å². The summed E-state index contributed by atoms with van der Waals surface area (Å²) in [5.74, 6) is -0.964. The van der Waals surface area contributed by atoms with Crippen LogP contribution in [0, 0.1) is 17.0 Å². The highest BCUT2D eigenvalue weighted by Crippen LogP contribution is 2.34. The van der Waals surface area contributed by atoms with E-state index >= 15 is 0 Å². The van der Waals surface area contributed by atoms with Crippen LogP contribution >= 0.6 is 27.7 Å². The Morgan fingerprint density at radius 1 is 1.38 bits per heavy atom. The molecule has 0 saturated carbocycles. The lowest BCUT2D eigenvalue weighted by molar-refractivity contribution is -0.385. The molecule has 0 aliphatic heterocycles. The molecule has 0 bridgehead atoms. The fraction of sp³-hybridized carbons (Fsp3) is 0.316. The molecule has 2 aromatic rings. The van der Waals surface area contributed by atoms with Crippen molar-refractivity contribution in [3.05, 3.63) is 61.9 Å². The van der Waals surface area contributed by atoms with Crippen LogP contribution in [0.15, 0.2) is 40.3 Å². The van der Waals surface area contributed by atoms with Crippen LogP contribution in [-0.4, -0.2) is 35.5 Å². The van der Waals surface area contributed by atoms with E-state index in [4.69, 9.17) is 0 Å². The van der Waals surface area contributed by atoms with Crippen molar-refractivity contribution in [1.29, 1.82) is 0 Å². The van der Waals surface area contributed by atoms with Gasteiger partial charge in [0, 0.05) is 11.6 Å². The number of carboxylic acid groups (broad SMARTS) is 1. The van der Waals surface area contributed by atoms with Gasteiger partial charge in [-0.05, 0) is 60.8 Å². The van der Waals surface area contributed by atoms with Gasteiger partial charge in [-0.3, -0.25) is 19.5 Å². The molecule has 1 aromatic carbocycles. The van der Waals surface area contributed by atoms with E-state index in [0.717, 1.165) is 22.9 Å². The second-order valence-corrected chi connectivity index (χ2v) is 8.98. The molecule has 0 radical (unpaired) electrons. The first-order valence-electron chi connectivity index (χ1n) is 8.65. The molecule has 0 spiro atoms. The number of nitro benzene ring substituents is 1. The SMILES string of the molecule is C/C=C\C=C/c1c(Cn2c(Br)nnc2SC(C)(C)C(=O)O)ccc([N+](=O)[O-])c1C. The summed E-state index contributed by atoms with van der Waals surface area (Å²) in [5.41, 5.74) is 2.14. The fourth-order valence-corrected chi connectivity index (χ4v) is 3.90. The topological polar surface area (TPSA) is 111 Å². The fourth-order valence-electron chi connectivity index (χ4n) is 2.53. The van der Waals surface area contributed by atoms with Crippen molar-refractivity contribution >= 4 is 45.4 Å². The molecule has 8 nitrogen and oxygen atoms in total. The van der Waals surface area contributed by atoms with Crippen LogP contribution in [0.25, 0.3) is 6.08 Å². The molecule has 154 valence electrons. The third-order valence-electron chi connectivity index (χ3n) is 4.20. The predicted molar refractivity (Wildman–Crippen MR) is 116 cm³/mol. The number of rotatable bonds is 8. The molecule has 0 aliphatic carbocycles. The molecule has 2 rings (SSSR count). The number of benzene rings is 1. The lowest BCUT2D eigenvalue weighted by Gasteiger charge is -2.19. The Balaban J connectivity index is 2.52. The van der Waals surface area contributed by atoms with Crippen molar-refractivity contribution in [2.75, 3.05) is 0 Å².